The van der Waals surface area contributed by atoms with Crippen molar-refractivity contribution in [2.24, 2.45) is 5.73 Å². The van der Waals surface area contributed by atoms with Crippen molar-refractivity contribution >= 4 is 5.84 Å². The Balaban J connectivity index is 2.21. The Morgan fingerprint density at radius 2 is 2.40 bits per heavy atom. The first-order valence-corrected chi connectivity index (χ1v) is 5.39. The third kappa shape index (κ3) is 4.59. The highest BCUT2D eigenvalue weighted by Crippen LogP contribution is 2.04. The van der Waals surface area contributed by atoms with E-state index in [-0.39, 0.29) is 18.0 Å². The Labute approximate surface area is 91.0 Å². The van der Waals surface area contributed by atoms with Crippen molar-refractivity contribution in [1.29, 1.82) is 5.41 Å². The van der Waals surface area contributed by atoms with Crippen molar-refractivity contribution in [1.82, 2.24) is 4.90 Å². The van der Waals surface area contributed by atoms with Gasteiger partial charge in [-0.2, -0.15) is 0 Å². The predicted molar refractivity (Wildman–Crippen MR) is 59.2 cm³/mol. The minimum Gasteiger partial charge on any atom is -0.385 e. The summed E-state index contributed by atoms with van der Waals surface area (Å²) in [6, 6.07) is 0. The molecule has 3 N–H and O–H groups in total. The topological polar surface area (TPSA) is 71.6 Å². The molecule has 0 saturated carbocycles. The lowest BCUT2D eigenvalue weighted by atomic mass is 10.2. The van der Waals surface area contributed by atoms with Gasteiger partial charge in [0.05, 0.1) is 19.3 Å². The van der Waals surface area contributed by atoms with Gasteiger partial charge in [-0.25, -0.2) is 0 Å². The van der Waals surface area contributed by atoms with Crippen molar-refractivity contribution < 1.29 is 9.47 Å². The van der Waals surface area contributed by atoms with Crippen LogP contribution in [0.1, 0.15) is 13.8 Å². The van der Waals surface area contributed by atoms with Crippen LogP contribution in [0.3, 0.4) is 0 Å². The van der Waals surface area contributed by atoms with Crippen LogP contribution in [0.2, 0.25) is 0 Å². The minimum atomic E-state index is -0.238. The summed E-state index contributed by atoms with van der Waals surface area (Å²) in [7, 11) is 0. The van der Waals surface area contributed by atoms with Crippen LogP contribution in [-0.2, 0) is 9.47 Å². The number of nitrogens with two attached hydrogens (primary N) is 1. The summed E-state index contributed by atoms with van der Waals surface area (Å²) in [5.74, 6) is 0.115. The lowest BCUT2D eigenvalue weighted by molar-refractivity contribution is -0.0124. The molecule has 1 heterocycles. The average molecular weight is 215 g/mol. The van der Waals surface area contributed by atoms with Crippen LogP contribution in [0.15, 0.2) is 0 Å². The van der Waals surface area contributed by atoms with Gasteiger partial charge in [0, 0.05) is 19.6 Å². The van der Waals surface area contributed by atoms with Gasteiger partial charge < -0.3 is 15.2 Å². The minimum absolute atomic E-state index is 0.115. The first-order valence-electron chi connectivity index (χ1n) is 5.39. The van der Waals surface area contributed by atoms with Crippen molar-refractivity contribution in [2.75, 3.05) is 32.8 Å². The Kier molecular flexibility index (Phi) is 5.01. The molecule has 1 aliphatic heterocycles. The summed E-state index contributed by atoms with van der Waals surface area (Å²) < 4.78 is 10.8. The normalized spacial score (nSPS) is 23.3. The van der Waals surface area contributed by atoms with Gasteiger partial charge in [-0.1, -0.05) is 0 Å². The van der Waals surface area contributed by atoms with Gasteiger partial charge in [0.1, 0.15) is 11.9 Å². The Hall–Kier alpha value is -0.650. The van der Waals surface area contributed by atoms with Crippen LogP contribution in [0.5, 0.6) is 0 Å². The van der Waals surface area contributed by atoms with Gasteiger partial charge in [0.25, 0.3) is 0 Å². The zero-order valence-electron chi connectivity index (χ0n) is 9.53. The van der Waals surface area contributed by atoms with Crippen molar-refractivity contribution in [3.05, 3.63) is 0 Å². The van der Waals surface area contributed by atoms with E-state index in [4.69, 9.17) is 20.6 Å². The van der Waals surface area contributed by atoms with Crippen molar-refractivity contribution in [3.8, 4) is 0 Å². The molecule has 5 heteroatoms. The Morgan fingerprint density at radius 3 is 3.00 bits per heavy atom. The second-order valence-corrected chi connectivity index (χ2v) is 4.03. The van der Waals surface area contributed by atoms with Gasteiger partial charge in [0.15, 0.2) is 0 Å². The van der Waals surface area contributed by atoms with E-state index >= 15 is 0 Å². The molecule has 1 unspecified atom stereocenters. The standard InChI is InChI=1S/C10H21N3O2/c1-8(2)14-5-3-13-4-6-15-9(7-13)10(11)12/h8-9H,3-7H2,1-2H3,(H3,11,12). The van der Waals surface area contributed by atoms with Gasteiger partial charge in [-0.05, 0) is 13.8 Å². The van der Waals surface area contributed by atoms with Crippen molar-refractivity contribution in [3.63, 3.8) is 0 Å². The fourth-order valence-electron chi connectivity index (χ4n) is 1.51. The highest BCUT2D eigenvalue weighted by atomic mass is 16.5. The second-order valence-electron chi connectivity index (χ2n) is 4.03. The van der Waals surface area contributed by atoms with Crippen LogP contribution in [-0.4, -0.2) is 55.8 Å². The lowest BCUT2D eigenvalue weighted by Crippen LogP contribution is -2.49. The maximum absolute atomic E-state index is 7.32. The monoisotopic (exact) mass is 215 g/mol. The predicted octanol–water partition coefficient (Wildman–Crippen LogP) is 0.0482. The fourth-order valence-corrected chi connectivity index (χ4v) is 1.51. The molecule has 0 radical (unpaired) electrons. The molecule has 0 spiro atoms. The Morgan fingerprint density at radius 1 is 1.67 bits per heavy atom. The van der Waals surface area contributed by atoms with E-state index in [2.05, 4.69) is 4.90 Å². The van der Waals surface area contributed by atoms with Crippen LogP contribution in [0, 0.1) is 5.41 Å². The first kappa shape index (κ1) is 12.4. The SMILES string of the molecule is CC(C)OCCN1CCOC(C(=N)N)C1. The quantitative estimate of drug-likeness (QED) is 0.502. The molecule has 1 atom stereocenters. The molecule has 5 nitrogen and oxygen atoms in total. The van der Waals surface area contributed by atoms with E-state index in [1.807, 2.05) is 13.8 Å². The first-order chi connectivity index (χ1) is 7.09. The van der Waals surface area contributed by atoms with Crippen LogP contribution in [0.25, 0.3) is 0 Å². The number of hydrogen-bond donors (Lipinski definition) is 2. The molecular formula is C10H21N3O2. The highest BCUT2D eigenvalue weighted by molar-refractivity contribution is 5.82. The summed E-state index contributed by atoms with van der Waals surface area (Å²) in [5.41, 5.74) is 5.41. The van der Waals surface area contributed by atoms with Gasteiger partial charge >= 0.3 is 0 Å². The molecule has 0 aromatic carbocycles. The van der Waals surface area contributed by atoms with E-state index in [0.29, 0.717) is 13.2 Å². The number of amidine groups is 1. The van der Waals surface area contributed by atoms with Crippen molar-refractivity contribution in [2.45, 2.75) is 26.1 Å². The average Bonchev–Trinajstić information content (AvgIpc) is 2.17. The molecule has 0 aromatic heterocycles. The molecule has 88 valence electrons. The highest BCUT2D eigenvalue weighted by Gasteiger charge is 2.22. The van der Waals surface area contributed by atoms with Crippen LogP contribution < -0.4 is 5.73 Å². The summed E-state index contributed by atoms with van der Waals surface area (Å²) in [6.45, 7) is 7.90. The maximum atomic E-state index is 7.32. The van der Waals surface area contributed by atoms with E-state index in [1.165, 1.54) is 0 Å². The fraction of sp³-hybridized carbons (Fsp3) is 0.900. The molecule has 1 fully saturated rings. The van der Waals surface area contributed by atoms with E-state index in [0.717, 1.165) is 19.7 Å². The largest absolute Gasteiger partial charge is 0.385 e. The molecule has 1 saturated heterocycles. The third-order valence-corrected chi connectivity index (χ3v) is 2.36. The zero-order chi connectivity index (χ0) is 11.3. The number of morpholine rings is 1. The number of nitrogens with one attached hydrogen (secondary N) is 1. The number of nitrogens with zero attached hydrogens (tertiary/aromatic N) is 1. The molecule has 1 aliphatic rings. The second kappa shape index (κ2) is 6.05. The van der Waals surface area contributed by atoms with Gasteiger partial charge in [-0.3, -0.25) is 10.3 Å². The summed E-state index contributed by atoms with van der Waals surface area (Å²) in [6.07, 6.45) is 0.0347. The third-order valence-electron chi connectivity index (χ3n) is 2.36. The molecule has 1 rings (SSSR count). The smallest absolute Gasteiger partial charge is 0.127 e. The van der Waals surface area contributed by atoms with Gasteiger partial charge in [0.2, 0.25) is 0 Å². The molecule has 0 aromatic rings. The Bertz CT molecular complexity index is 209. The van der Waals surface area contributed by atoms with E-state index in [9.17, 15) is 0 Å². The molecule has 0 amide bonds. The molecule has 0 bridgehead atoms. The van der Waals surface area contributed by atoms with Crippen LogP contribution in [0.4, 0.5) is 0 Å². The van der Waals surface area contributed by atoms with E-state index < -0.39 is 0 Å². The number of hydrogen-bond acceptors (Lipinski definition) is 4. The summed E-state index contributed by atoms with van der Waals surface area (Å²) in [5, 5.41) is 7.32. The van der Waals surface area contributed by atoms with Gasteiger partial charge in [-0.15, -0.1) is 0 Å². The number of ether oxygens (including phenoxy) is 2. The zero-order valence-corrected chi connectivity index (χ0v) is 9.53. The molecular weight excluding hydrogens is 194 g/mol. The van der Waals surface area contributed by atoms with E-state index in [1.54, 1.807) is 0 Å². The molecule has 0 aliphatic carbocycles. The summed E-state index contributed by atoms with van der Waals surface area (Å²) >= 11 is 0. The lowest BCUT2D eigenvalue weighted by Gasteiger charge is -2.32. The maximum Gasteiger partial charge on any atom is 0.127 e. The van der Waals surface area contributed by atoms with Crippen LogP contribution >= 0.6 is 0 Å². The number of rotatable bonds is 5. The summed E-state index contributed by atoms with van der Waals surface area (Å²) in [4.78, 5) is 2.22. The molecule has 15 heavy (non-hydrogen) atoms.